The number of piperazine rings is 1. The van der Waals surface area contributed by atoms with Crippen molar-refractivity contribution in [3.8, 4) is 11.3 Å². The quantitative estimate of drug-likeness (QED) is 0.280. The van der Waals surface area contributed by atoms with Gasteiger partial charge in [-0.05, 0) is 73.6 Å². The molecule has 2 atom stereocenters. The standard InChI is InChI=1S/C31H45N3O4S/c1-7-21(2)38-28(37)23(27(35)36)9-8-14-33-15-17-34(18-16-33)29-32-26(20-39-29)22-10-11-24-25(19-22)31(5,6)13-12-30(24,3)4/h10-11,19-21,23H,7-9,12-18H2,1-6H3,(H,35,36). The fraction of sp³-hybridized carbons (Fsp3) is 0.645. The van der Waals surface area contributed by atoms with Crippen LogP contribution in [0.25, 0.3) is 11.3 Å². The molecule has 0 bridgehead atoms. The molecule has 214 valence electrons. The van der Waals surface area contributed by atoms with Crippen molar-refractivity contribution in [3.63, 3.8) is 0 Å². The van der Waals surface area contributed by atoms with Crippen molar-refractivity contribution in [2.45, 2.75) is 90.6 Å². The van der Waals surface area contributed by atoms with Crippen molar-refractivity contribution in [1.82, 2.24) is 9.88 Å². The van der Waals surface area contributed by atoms with Crippen molar-refractivity contribution in [1.29, 1.82) is 0 Å². The summed E-state index contributed by atoms with van der Waals surface area (Å²) in [5.41, 5.74) is 5.55. The SMILES string of the molecule is CCC(C)OC(=O)C(CCCN1CCN(c2nc(-c3ccc4c(c3)C(C)(C)CCC4(C)C)cs2)CC1)C(=O)O. The number of carboxylic acids is 1. The van der Waals surface area contributed by atoms with Crippen LogP contribution in [0, 0.1) is 5.92 Å². The molecule has 39 heavy (non-hydrogen) atoms. The minimum Gasteiger partial charge on any atom is -0.481 e. The van der Waals surface area contributed by atoms with Gasteiger partial charge < -0.3 is 14.7 Å². The smallest absolute Gasteiger partial charge is 0.320 e. The lowest BCUT2D eigenvalue weighted by Crippen LogP contribution is -2.46. The summed E-state index contributed by atoms with van der Waals surface area (Å²) in [5, 5.41) is 12.7. The highest BCUT2D eigenvalue weighted by Gasteiger charge is 2.37. The molecule has 2 aliphatic rings. The topological polar surface area (TPSA) is 83.0 Å². The summed E-state index contributed by atoms with van der Waals surface area (Å²) in [6, 6.07) is 6.93. The molecule has 7 nitrogen and oxygen atoms in total. The number of nitrogens with zero attached hydrogens (tertiary/aromatic N) is 3. The second-order valence-electron chi connectivity index (χ2n) is 12.6. The van der Waals surface area contributed by atoms with Crippen LogP contribution in [0.2, 0.25) is 0 Å². The van der Waals surface area contributed by atoms with Gasteiger partial charge in [0.05, 0.1) is 11.8 Å². The monoisotopic (exact) mass is 555 g/mol. The molecule has 0 amide bonds. The van der Waals surface area contributed by atoms with Gasteiger partial charge in [-0.3, -0.25) is 14.5 Å². The number of fused-ring (bicyclic) bond motifs is 1. The van der Waals surface area contributed by atoms with Gasteiger partial charge in [-0.1, -0.05) is 46.8 Å². The molecule has 1 N–H and O–H groups in total. The van der Waals surface area contributed by atoms with Crippen molar-refractivity contribution in [2.24, 2.45) is 5.92 Å². The van der Waals surface area contributed by atoms with Crippen molar-refractivity contribution in [2.75, 3.05) is 37.6 Å². The number of hydrogen-bond acceptors (Lipinski definition) is 7. The second kappa shape index (κ2) is 12.0. The average molecular weight is 556 g/mol. The molecule has 1 fully saturated rings. The van der Waals surface area contributed by atoms with E-state index in [-0.39, 0.29) is 16.9 Å². The first-order valence-electron chi connectivity index (χ1n) is 14.4. The van der Waals surface area contributed by atoms with E-state index < -0.39 is 17.9 Å². The van der Waals surface area contributed by atoms with Gasteiger partial charge in [-0.2, -0.15) is 0 Å². The van der Waals surface area contributed by atoms with Crippen molar-refractivity contribution >= 4 is 28.4 Å². The van der Waals surface area contributed by atoms with Crippen LogP contribution in [0.1, 0.15) is 84.8 Å². The Labute approximate surface area is 237 Å². The van der Waals surface area contributed by atoms with E-state index in [0.29, 0.717) is 19.3 Å². The van der Waals surface area contributed by atoms with Crippen LogP contribution in [0.15, 0.2) is 23.6 Å². The molecule has 4 rings (SSSR count). The maximum atomic E-state index is 12.2. The number of rotatable bonds is 10. The van der Waals surface area contributed by atoms with Crippen LogP contribution < -0.4 is 4.90 Å². The molecule has 0 spiro atoms. The number of anilines is 1. The van der Waals surface area contributed by atoms with Gasteiger partial charge >= 0.3 is 11.9 Å². The van der Waals surface area contributed by atoms with Gasteiger partial charge in [0.25, 0.3) is 0 Å². The molecule has 1 aliphatic heterocycles. The zero-order valence-corrected chi connectivity index (χ0v) is 25.3. The molecule has 1 aliphatic carbocycles. The van der Waals surface area contributed by atoms with Gasteiger partial charge in [0.2, 0.25) is 0 Å². The Balaban J connectivity index is 1.31. The average Bonchev–Trinajstić information content (AvgIpc) is 3.39. The molecular formula is C31H45N3O4S. The lowest BCUT2D eigenvalue weighted by atomic mass is 9.63. The summed E-state index contributed by atoms with van der Waals surface area (Å²) in [4.78, 5) is 33.6. The van der Waals surface area contributed by atoms with Gasteiger partial charge in [0.1, 0.15) is 0 Å². The molecule has 2 aromatic rings. The number of aromatic nitrogens is 1. The summed E-state index contributed by atoms with van der Waals surface area (Å²) in [6.45, 7) is 17.5. The van der Waals surface area contributed by atoms with E-state index >= 15 is 0 Å². The van der Waals surface area contributed by atoms with E-state index in [2.05, 4.69) is 61.1 Å². The lowest BCUT2D eigenvalue weighted by Gasteiger charge is -2.42. The summed E-state index contributed by atoms with van der Waals surface area (Å²) < 4.78 is 5.26. The highest BCUT2D eigenvalue weighted by atomic mass is 32.1. The molecular weight excluding hydrogens is 510 g/mol. The normalized spacial score (nSPS) is 20.2. The fourth-order valence-corrected chi connectivity index (χ4v) is 6.57. The number of carbonyl (C=O) groups excluding carboxylic acids is 1. The number of hydrogen-bond donors (Lipinski definition) is 1. The Bertz CT molecular complexity index is 1170. The number of aliphatic carboxylic acids is 1. The Morgan fingerprint density at radius 2 is 1.74 bits per heavy atom. The predicted molar refractivity (Wildman–Crippen MR) is 158 cm³/mol. The number of ether oxygens (including phenoxy) is 1. The number of benzene rings is 1. The first kappa shape index (κ1) is 29.5. The third-order valence-corrected chi connectivity index (χ3v) is 9.63. The molecule has 0 radical (unpaired) electrons. The van der Waals surface area contributed by atoms with E-state index in [4.69, 9.17) is 9.72 Å². The van der Waals surface area contributed by atoms with Gasteiger partial charge in [-0.25, -0.2) is 4.98 Å². The minimum atomic E-state index is -1.10. The van der Waals surface area contributed by atoms with Crippen molar-refractivity contribution < 1.29 is 19.4 Å². The van der Waals surface area contributed by atoms with Gasteiger partial charge in [-0.15, -0.1) is 11.3 Å². The number of carbonyl (C=O) groups is 2. The highest BCUT2D eigenvalue weighted by Crippen LogP contribution is 2.47. The predicted octanol–water partition coefficient (Wildman–Crippen LogP) is 6.10. The summed E-state index contributed by atoms with van der Waals surface area (Å²) >= 11 is 1.70. The molecule has 8 heteroatoms. The molecule has 1 aromatic carbocycles. The second-order valence-corrected chi connectivity index (χ2v) is 13.4. The van der Waals surface area contributed by atoms with Crippen LogP contribution >= 0.6 is 11.3 Å². The molecule has 2 unspecified atom stereocenters. The fourth-order valence-electron chi connectivity index (χ4n) is 5.68. The first-order chi connectivity index (χ1) is 18.4. The Kier molecular flexibility index (Phi) is 9.06. The molecule has 1 saturated heterocycles. The summed E-state index contributed by atoms with van der Waals surface area (Å²) in [7, 11) is 0. The lowest BCUT2D eigenvalue weighted by molar-refractivity contribution is -0.162. The van der Waals surface area contributed by atoms with E-state index in [0.717, 1.165) is 43.5 Å². The highest BCUT2D eigenvalue weighted by molar-refractivity contribution is 7.14. The molecule has 2 heterocycles. The first-order valence-corrected chi connectivity index (χ1v) is 15.3. The number of esters is 1. The number of thiazole rings is 1. The zero-order chi connectivity index (χ0) is 28.4. The van der Waals surface area contributed by atoms with Crippen LogP contribution in [-0.4, -0.2) is 65.8 Å². The summed E-state index contributed by atoms with van der Waals surface area (Å²) in [6.07, 6.45) is 3.78. The molecule has 0 saturated carbocycles. The third-order valence-electron chi connectivity index (χ3n) is 8.73. The van der Waals surface area contributed by atoms with Crippen LogP contribution in [-0.2, 0) is 25.2 Å². The Hall–Kier alpha value is -2.45. The Morgan fingerprint density at radius 1 is 1.08 bits per heavy atom. The van der Waals surface area contributed by atoms with E-state index in [9.17, 15) is 14.7 Å². The maximum Gasteiger partial charge on any atom is 0.320 e. The van der Waals surface area contributed by atoms with Crippen LogP contribution in [0.4, 0.5) is 5.13 Å². The van der Waals surface area contributed by atoms with Crippen molar-refractivity contribution in [3.05, 3.63) is 34.7 Å². The largest absolute Gasteiger partial charge is 0.481 e. The van der Waals surface area contributed by atoms with Gasteiger partial charge in [0, 0.05) is 37.1 Å². The van der Waals surface area contributed by atoms with Gasteiger partial charge in [0.15, 0.2) is 11.0 Å². The molecule has 1 aromatic heterocycles. The van der Waals surface area contributed by atoms with Crippen LogP contribution in [0.3, 0.4) is 0 Å². The minimum absolute atomic E-state index is 0.175. The van der Waals surface area contributed by atoms with Crippen LogP contribution in [0.5, 0.6) is 0 Å². The third kappa shape index (κ3) is 6.83. The van der Waals surface area contributed by atoms with E-state index in [1.165, 1.54) is 29.5 Å². The summed E-state index contributed by atoms with van der Waals surface area (Å²) in [5.74, 6) is -2.80. The van der Waals surface area contributed by atoms with E-state index in [1.54, 1.807) is 18.3 Å². The number of carboxylic acid groups (broad SMARTS) is 1. The Morgan fingerprint density at radius 3 is 2.38 bits per heavy atom. The van der Waals surface area contributed by atoms with E-state index in [1.807, 2.05) is 6.92 Å². The zero-order valence-electron chi connectivity index (χ0n) is 24.5. The maximum absolute atomic E-state index is 12.2.